The van der Waals surface area contributed by atoms with E-state index in [1.807, 2.05) is 31.6 Å². The lowest BCUT2D eigenvalue weighted by Crippen LogP contribution is -2.16. The van der Waals surface area contributed by atoms with Gasteiger partial charge in [-0.05, 0) is 25.8 Å². The van der Waals surface area contributed by atoms with Crippen molar-refractivity contribution in [2.24, 2.45) is 0 Å². The van der Waals surface area contributed by atoms with E-state index in [-0.39, 0.29) is 0 Å². The summed E-state index contributed by atoms with van der Waals surface area (Å²) in [5, 5.41) is 7.70. The Labute approximate surface area is 99.9 Å². The maximum absolute atomic E-state index is 4.31. The first-order valence-corrected chi connectivity index (χ1v) is 5.88. The predicted molar refractivity (Wildman–Crippen MR) is 63.8 cm³/mol. The number of nitrogens with one attached hydrogen (secondary N) is 1. The van der Waals surface area contributed by atoms with Crippen LogP contribution in [0.3, 0.4) is 0 Å². The van der Waals surface area contributed by atoms with Crippen LogP contribution in [-0.2, 0) is 6.54 Å². The predicted octanol–water partition coefficient (Wildman–Crippen LogP) is 1.22. The molecular formula is C12H15N5. The number of hydrogen-bond acceptors (Lipinski definition) is 4. The van der Waals surface area contributed by atoms with Gasteiger partial charge in [-0.25, -0.2) is 14.6 Å². The second-order valence-electron chi connectivity index (χ2n) is 4.45. The van der Waals surface area contributed by atoms with Gasteiger partial charge in [0.25, 0.3) is 0 Å². The Morgan fingerprint density at radius 2 is 2.12 bits per heavy atom. The van der Waals surface area contributed by atoms with E-state index in [9.17, 15) is 0 Å². The van der Waals surface area contributed by atoms with E-state index in [4.69, 9.17) is 0 Å². The topological polar surface area (TPSA) is 55.6 Å². The van der Waals surface area contributed by atoms with Crippen LogP contribution in [-0.4, -0.2) is 25.8 Å². The molecule has 0 amide bonds. The largest absolute Gasteiger partial charge is 0.310 e. The molecule has 0 bridgehead atoms. The van der Waals surface area contributed by atoms with E-state index in [1.165, 1.54) is 12.8 Å². The summed E-state index contributed by atoms with van der Waals surface area (Å²) >= 11 is 0. The maximum atomic E-state index is 4.31. The van der Waals surface area contributed by atoms with E-state index >= 15 is 0 Å². The minimum absolute atomic E-state index is 0.619. The van der Waals surface area contributed by atoms with Gasteiger partial charge in [0.2, 0.25) is 5.95 Å². The minimum atomic E-state index is 0.619. The Hall–Kier alpha value is -1.75. The van der Waals surface area contributed by atoms with Crippen molar-refractivity contribution in [1.29, 1.82) is 0 Å². The Morgan fingerprint density at radius 3 is 2.71 bits per heavy atom. The molecule has 3 rings (SSSR count). The molecule has 0 atom stereocenters. The maximum Gasteiger partial charge on any atom is 0.250 e. The highest BCUT2D eigenvalue weighted by Gasteiger charge is 2.19. The smallest absolute Gasteiger partial charge is 0.250 e. The normalized spacial score (nSPS) is 15.1. The van der Waals surface area contributed by atoms with E-state index < -0.39 is 0 Å². The fourth-order valence-corrected chi connectivity index (χ4v) is 1.63. The van der Waals surface area contributed by atoms with Crippen LogP contribution in [0.4, 0.5) is 0 Å². The quantitative estimate of drug-likeness (QED) is 0.856. The number of hydrogen-bond donors (Lipinski definition) is 1. The minimum Gasteiger partial charge on any atom is -0.310 e. The molecule has 1 aliphatic rings. The summed E-state index contributed by atoms with van der Waals surface area (Å²) in [6.07, 6.45) is 8.17. The lowest BCUT2D eigenvalue weighted by molar-refractivity contribution is 0.680. The van der Waals surface area contributed by atoms with Gasteiger partial charge in [0.15, 0.2) is 0 Å². The average Bonchev–Trinajstić information content (AvgIpc) is 3.09. The molecule has 0 spiro atoms. The zero-order valence-corrected chi connectivity index (χ0v) is 9.80. The highest BCUT2D eigenvalue weighted by molar-refractivity contribution is 5.15. The third-order valence-corrected chi connectivity index (χ3v) is 2.79. The zero-order chi connectivity index (χ0) is 11.7. The Morgan fingerprint density at radius 1 is 1.35 bits per heavy atom. The molecule has 0 unspecified atom stereocenters. The lowest BCUT2D eigenvalue weighted by atomic mass is 10.3. The second-order valence-corrected chi connectivity index (χ2v) is 4.45. The van der Waals surface area contributed by atoms with E-state index in [0.29, 0.717) is 12.0 Å². The standard InChI is InChI=1S/C12H15N5/c1-9-4-5-17(16-9)12-14-7-10(8-15-12)6-13-11-2-3-11/h4-5,7-8,11,13H,2-3,6H2,1H3. The molecule has 5 nitrogen and oxygen atoms in total. The van der Waals surface area contributed by atoms with E-state index in [1.54, 1.807) is 4.68 Å². The third kappa shape index (κ3) is 2.50. The molecule has 5 heteroatoms. The molecule has 1 N–H and O–H groups in total. The van der Waals surface area contributed by atoms with Crippen molar-refractivity contribution in [3.63, 3.8) is 0 Å². The van der Waals surface area contributed by atoms with Crippen molar-refractivity contribution < 1.29 is 0 Å². The molecule has 1 saturated carbocycles. The Balaban J connectivity index is 1.70. The van der Waals surface area contributed by atoms with Crippen molar-refractivity contribution in [1.82, 2.24) is 25.1 Å². The molecule has 0 aromatic carbocycles. The number of rotatable bonds is 4. The van der Waals surface area contributed by atoms with E-state index in [2.05, 4.69) is 20.4 Å². The first kappa shape index (κ1) is 10.4. The number of aryl methyl sites for hydroxylation is 1. The van der Waals surface area contributed by atoms with E-state index in [0.717, 1.165) is 17.8 Å². The highest BCUT2D eigenvalue weighted by atomic mass is 15.3. The van der Waals surface area contributed by atoms with Gasteiger partial charge in [-0.15, -0.1) is 0 Å². The van der Waals surface area contributed by atoms with Gasteiger partial charge in [-0.1, -0.05) is 0 Å². The summed E-state index contributed by atoms with van der Waals surface area (Å²) in [7, 11) is 0. The van der Waals surface area contributed by atoms with Gasteiger partial charge >= 0.3 is 0 Å². The van der Waals surface area contributed by atoms with Crippen LogP contribution < -0.4 is 5.32 Å². The van der Waals surface area contributed by atoms with Crippen molar-refractivity contribution in [3.05, 3.63) is 35.9 Å². The van der Waals surface area contributed by atoms with Gasteiger partial charge < -0.3 is 5.32 Å². The highest BCUT2D eigenvalue weighted by Crippen LogP contribution is 2.19. The summed E-state index contributed by atoms with van der Waals surface area (Å²) in [6.45, 7) is 2.80. The average molecular weight is 229 g/mol. The fraction of sp³-hybridized carbons (Fsp3) is 0.417. The monoisotopic (exact) mass is 229 g/mol. The van der Waals surface area contributed by atoms with Crippen LogP contribution in [0.25, 0.3) is 5.95 Å². The third-order valence-electron chi connectivity index (χ3n) is 2.79. The molecule has 17 heavy (non-hydrogen) atoms. The van der Waals surface area contributed by atoms with Crippen molar-refractivity contribution in [2.75, 3.05) is 0 Å². The molecular weight excluding hydrogens is 214 g/mol. The molecule has 2 aromatic rings. The summed E-state index contributed by atoms with van der Waals surface area (Å²) < 4.78 is 1.69. The van der Waals surface area contributed by atoms with Crippen LogP contribution in [0.5, 0.6) is 0 Å². The first-order chi connectivity index (χ1) is 8.31. The van der Waals surface area contributed by atoms with Crippen LogP contribution in [0.15, 0.2) is 24.7 Å². The second kappa shape index (κ2) is 4.25. The van der Waals surface area contributed by atoms with Crippen LogP contribution in [0, 0.1) is 6.92 Å². The van der Waals surface area contributed by atoms with Gasteiger partial charge in [0, 0.05) is 36.7 Å². The fourth-order valence-electron chi connectivity index (χ4n) is 1.63. The van der Waals surface area contributed by atoms with Gasteiger partial charge in [0.1, 0.15) is 0 Å². The number of aromatic nitrogens is 4. The van der Waals surface area contributed by atoms with Gasteiger partial charge in [-0.3, -0.25) is 0 Å². The summed E-state index contributed by atoms with van der Waals surface area (Å²) in [6, 6.07) is 2.65. The molecule has 1 aliphatic carbocycles. The van der Waals surface area contributed by atoms with Crippen LogP contribution in [0.2, 0.25) is 0 Å². The first-order valence-electron chi connectivity index (χ1n) is 5.88. The van der Waals surface area contributed by atoms with Crippen LogP contribution >= 0.6 is 0 Å². The molecule has 1 fully saturated rings. The summed E-state index contributed by atoms with van der Waals surface area (Å²) in [5.41, 5.74) is 2.08. The lowest BCUT2D eigenvalue weighted by Gasteiger charge is -2.03. The molecule has 0 aliphatic heterocycles. The summed E-state index contributed by atoms with van der Waals surface area (Å²) in [4.78, 5) is 8.62. The van der Waals surface area contributed by atoms with Gasteiger partial charge in [0.05, 0.1) is 5.69 Å². The molecule has 0 saturated heterocycles. The molecule has 0 radical (unpaired) electrons. The molecule has 2 aromatic heterocycles. The SMILES string of the molecule is Cc1ccn(-c2ncc(CNC3CC3)cn2)n1. The zero-order valence-electron chi connectivity index (χ0n) is 9.80. The molecule has 88 valence electrons. The Kier molecular flexibility index (Phi) is 2.60. The van der Waals surface area contributed by atoms with Gasteiger partial charge in [-0.2, -0.15) is 5.10 Å². The Bertz CT molecular complexity index is 498. The summed E-state index contributed by atoms with van der Waals surface area (Å²) in [5.74, 6) is 0.619. The molecule has 2 heterocycles. The number of nitrogens with zero attached hydrogens (tertiary/aromatic N) is 4. The van der Waals surface area contributed by atoms with Crippen LogP contribution in [0.1, 0.15) is 24.1 Å². The van der Waals surface area contributed by atoms with Crippen molar-refractivity contribution >= 4 is 0 Å². The van der Waals surface area contributed by atoms with Crippen molar-refractivity contribution in [2.45, 2.75) is 32.4 Å². The van der Waals surface area contributed by atoms with Crippen molar-refractivity contribution in [3.8, 4) is 5.95 Å².